The van der Waals surface area contributed by atoms with E-state index in [1.807, 2.05) is 13.1 Å². The van der Waals surface area contributed by atoms with Crippen molar-refractivity contribution in [3.63, 3.8) is 0 Å². The lowest BCUT2D eigenvalue weighted by Gasteiger charge is -1.72. The van der Waals surface area contributed by atoms with Crippen molar-refractivity contribution in [3.8, 4) is 0 Å². The molecule has 1 rings (SSSR count). The molecule has 4 heteroatoms. The second-order valence-corrected chi connectivity index (χ2v) is 2.38. The fraction of sp³-hybridized carbons (Fsp3) is 0.250. The Balaban J connectivity index is 0.000000490. The fourth-order valence-corrected chi connectivity index (χ4v) is 0.945. The van der Waals surface area contributed by atoms with Gasteiger partial charge in [-0.2, -0.15) is 0 Å². The van der Waals surface area contributed by atoms with Crippen LogP contribution in [0.25, 0.3) is 0 Å². The van der Waals surface area contributed by atoms with Gasteiger partial charge in [-0.15, -0.1) is 12.4 Å². The SMILES string of the molecule is Cc1cnc(I)[nH]1.Cl. The number of aromatic amines is 1. The van der Waals surface area contributed by atoms with Gasteiger partial charge >= 0.3 is 0 Å². The molecular formula is C4H6ClIN2. The molecule has 2 nitrogen and oxygen atoms in total. The zero-order valence-corrected chi connectivity index (χ0v) is 7.28. The highest BCUT2D eigenvalue weighted by atomic mass is 127. The van der Waals surface area contributed by atoms with Crippen LogP contribution < -0.4 is 0 Å². The van der Waals surface area contributed by atoms with Crippen LogP contribution in [0.15, 0.2) is 6.20 Å². The van der Waals surface area contributed by atoms with Crippen molar-refractivity contribution in [2.75, 3.05) is 0 Å². The molecule has 0 aliphatic carbocycles. The van der Waals surface area contributed by atoms with Crippen molar-refractivity contribution >= 4 is 35.0 Å². The topological polar surface area (TPSA) is 28.7 Å². The van der Waals surface area contributed by atoms with Crippen LogP contribution in [0.3, 0.4) is 0 Å². The lowest BCUT2D eigenvalue weighted by Crippen LogP contribution is -1.68. The average Bonchev–Trinajstić information content (AvgIpc) is 1.87. The van der Waals surface area contributed by atoms with Gasteiger partial charge in [0.2, 0.25) is 0 Å². The van der Waals surface area contributed by atoms with Gasteiger partial charge in [-0.05, 0) is 29.5 Å². The first-order valence-electron chi connectivity index (χ1n) is 1.96. The number of imidazole rings is 1. The van der Waals surface area contributed by atoms with Gasteiger partial charge in [0, 0.05) is 11.9 Å². The Bertz CT molecular complexity index is 146. The van der Waals surface area contributed by atoms with E-state index in [9.17, 15) is 0 Å². The third kappa shape index (κ3) is 2.00. The van der Waals surface area contributed by atoms with Gasteiger partial charge < -0.3 is 4.98 Å². The number of rotatable bonds is 0. The summed E-state index contributed by atoms with van der Waals surface area (Å²) in [5.74, 6) is 0. The third-order valence-electron chi connectivity index (χ3n) is 0.672. The first-order valence-corrected chi connectivity index (χ1v) is 3.04. The Kier molecular flexibility index (Phi) is 3.39. The molecule has 0 fully saturated rings. The van der Waals surface area contributed by atoms with Crippen LogP contribution >= 0.6 is 35.0 Å². The summed E-state index contributed by atoms with van der Waals surface area (Å²) in [7, 11) is 0. The lowest BCUT2D eigenvalue weighted by atomic mass is 10.6. The van der Waals surface area contributed by atoms with Crippen molar-refractivity contribution in [2.24, 2.45) is 0 Å². The number of aryl methyl sites for hydroxylation is 1. The maximum atomic E-state index is 3.95. The minimum Gasteiger partial charge on any atom is -0.338 e. The maximum absolute atomic E-state index is 3.95. The van der Waals surface area contributed by atoms with Gasteiger partial charge in [0.25, 0.3) is 0 Å². The van der Waals surface area contributed by atoms with Crippen LogP contribution in [0.2, 0.25) is 0 Å². The average molecular weight is 244 g/mol. The van der Waals surface area contributed by atoms with Crippen molar-refractivity contribution in [2.45, 2.75) is 6.92 Å². The molecule has 1 heterocycles. The minimum atomic E-state index is 0. The first-order chi connectivity index (χ1) is 3.29. The maximum Gasteiger partial charge on any atom is 0.168 e. The molecule has 1 aromatic rings. The normalized spacial score (nSPS) is 8.25. The van der Waals surface area contributed by atoms with Gasteiger partial charge in [-0.25, -0.2) is 4.98 Å². The monoisotopic (exact) mass is 244 g/mol. The molecule has 1 N–H and O–H groups in total. The summed E-state index contributed by atoms with van der Waals surface area (Å²) in [6, 6.07) is 0. The van der Waals surface area contributed by atoms with E-state index in [0.717, 1.165) is 9.53 Å². The molecule has 0 aromatic carbocycles. The van der Waals surface area contributed by atoms with Crippen molar-refractivity contribution in [1.82, 2.24) is 9.97 Å². The second kappa shape index (κ2) is 3.29. The standard InChI is InChI=1S/C4H5IN2.ClH/c1-3-2-6-4(5)7-3;/h2H,1H3,(H,6,7);1H. The largest absolute Gasteiger partial charge is 0.338 e. The fourth-order valence-electron chi connectivity index (χ4n) is 0.381. The lowest BCUT2D eigenvalue weighted by molar-refractivity contribution is 1.20. The van der Waals surface area contributed by atoms with E-state index in [2.05, 4.69) is 32.6 Å². The van der Waals surface area contributed by atoms with Gasteiger partial charge in [-0.1, -0.05) is 0 Å². The van der Waals surface area contributed by atoms with Gasteiger partial charge in [0.15, 0.2) is 3.83 Å². The molecule has 0 atom stereocenters. The van der Waals surface area contributed by atoms with E-state index in [4.69, 9.17) is 0 Å². The van der Waals surface area contributed by atoms with E-state index < -0.39 is 0 Å². The smallest absolute Gasteiger partial charge is 0.168 e. The number of H-pyrrole nitrogens is 1. The molecule has 0 aliphatic heterocycles. The molecule has 8 heavy (non-hydrogen) atoms. The summed E-state index contributed by atoms with van der Waals surface area (Å²) in [5.41, 5.74) is 1.12. The summed E-state index contributed by atoms with van der Waals surface area (Å²) >= 11 is 2.13. The van der Waals surface area contributed by atoms with Crippen LogP contribution in [0.4, 0.5) is 0 Å². The van der Waals surface area contributed by atoms with E-state index >= 15 is 0 Å². The zero-order valence-electron chi connectivity index (χ0n) is 4.31. The number of hydrogen-bond acceptors (Lipinski definition) is 1. The molecular weight excluding hydrogens is 238 g/mol. The number of nitrogens with one attached hydrogen (secondary N) is 1. The van der Waals surface area contributed by atoms with Crippen molar-refractivity contribution in [3.05, 3.63) is 15.7 Å². The summed E-state index contributed by atoms with van der Waals surface area (Å²) in [5, 5.41) is 0. The van der Waals surface area contributed by atoms with Crippen LogP contribution in [-0.2, 0) is 0 Å². The highest BCUT2D eigenvalue weighted by Crippen LogP contribution is 1.96. The molecule has 0 saturated carbocycles. The predicted molar refractivity (Wildman–Crippen MR) is 43.3 cm³/mol. The molecule has 0 amide bonds. The van der Waals surface area contributed by atoms with Gasteiger partial charge in [0.1, 0.15) is 0 Å². The van der Waals surface area contributed by atoms with Crippen LogP contribution in [0.1, 0.15) is 5.69 Å². The molecule has 0 bridgehead atoms. The summed E-state index contributed by atoms with van der Waals surface area (Å²) in [6.45, 7) is 1.98. The Morgan fingerprint density at radius 1 is 1.75 bits per heavy atom. The third-order valence-corrected chi connectivity index (χ3v) is 1.22. The van der Waals surface area contributed by atoms with E-state index in [-0.39, 0.29) is 12.4 Å². The number of aromatic nitrogens is 2. The Labute approximate surface area is 67.6 Å². The predicted octanol–water partition coefficient (Wildman–Crippen LogP) is 1.74. The molecule has 46 valence electrons. The number of nitrogens with zero attached hydrogens (tertiary/aromatic N) is 1. The molecule has 0 saturated heterocycles. The van der Waals surface area contributed by atoms with E-state index in [1.165, 1.54) is 0 Å². The Morgan fingerprint density at radius 2 is 2.38 bits per heavy atom. The van der Waals surface area contributed by atoms with E-state index in [0.29, 0.717) is 0 Å². The van der Waals surface area contributed by atoms with Gasteiger partial charge in [0.05, 0.1) is 0 Å². The molecule has 1 aromatic heterocycles. The molecule has 0 unspecified atom stereocenters. The van der Waals surface area contributed by atoms with Crippen LogP contribution in [0.5, 0.6) is 0 Å². The molecule has 0 radical (unpaired) electrons. The second-order valence-electron chi connectivity index (χ2n) is 1.36. The molecule has 0 spiro atoms. The quantitative estimate of drug-likeness (QED) is 0.692. The van der Waals surface area contributed by atoms with Crippen LogP contribution in [0, 0.1) is 10.8 Å². The van der Waals surface area contributed by atoms with Crippen molar-refractivity contribution in [1.29, 1.82) is 0 Å². The highest BCUT2D eigenvalue weighted by Gasteiger charge is 1.85. The number of halogens is 2. The minimum absolute atomic E-state index is 0. The Morgan fingerprint density at radius 3 is 2.50 bits per heavy atom. The van der Waals surface area contributed by atoms with E-state index in [1.54, 1.807) is 0 Å². The van der Waals surface area contributed by atoms with Gasteiger partial charge in [-0.3, -0.25) is 0 Å². The van der Waals surface area contributed by atoms with Crippen molar-refractivity contribution < 1.29 is 0 Å². The molecule has 0 aliphatic rings. The summed E-state index contributed by atoms with van der Waals surface area (Å²) in [4.78, 5) is 6.96. The van der Waals surface area contributed by atoms with Crippen LogP contribution in [-0.4, -0.2) is 9.97 Å². The summed E-state index contributed by atoms with van der Waals surface area (Å²) in [6.07, 6.45) is 1.81. The Hall–Kier alpha value is 0.230. The number of hydrogen-bond donors (Lipinski definition) is 1. The highest BCUT2D eigenvalue weighted by molar-refractivity contribution is 14.1. The first kappa shape index (κ1) is 8.23. The summed E-state index contributed by atoms with van der Waals surface area (Å²) < 4.78 is 0.954. The zero-order chi connectivity index (χ0) is 5.28.